The lowest BCUT2D eigenvalue weighted by atomic mass is 10.3. The van der Waals surface area contributed by atoms with Crippen LogP contribution in [0.5, 0.6) is 11.6 Å². The van der Waals surface area contributed by atoms with Gasteiger partial charge in [-0.15, -0.1) is 11.3 Å². The third-order valence-corrected chi connectivity index (χ3v) is 4.54. The van der Waals surface area contributed by atoms with Crippen LogP contribution >= 0.6 is 27.3 Å². The Labute approximate surface area is 157 Å². The van der Waals surface area contributed by atoms with Crippen LogP contribution in [0, 0.1) is 6.92 Å². The van der Waals surface area contributed by atoms with E-state index >= 15 is 0 Å². The number of hydrogen-bond donors (Lipinski definition) is 2. The number of nitrogens with zero attached hydrogens (tertiary/aromatic N) is 2. The first-order valence-corrected chi connectivity index (χ1v) is 9.11. The number of benzene rings is 1. The maximum absolute atomic E-state index is 11.9. The van der Waals surface area contributed by atoms with Gasteiger partial charge in [-0.05, 0) is 31.2 Å². The predicted octanol–water partition coefficient (Wildman–Crippen LogP) is 4.72. The fourth-order valence-electron chi connectivity index (χ4n) is 1.98. The highest BCUT2D eigenvalue weighted by Gasteiger charge is 2.05. The second-order valence-corrected chi connectivity index (χ2v) is 6.99. The number of ether oxygens (including phenoxy) is 1. The maximum atomic E-state index is 11.9. The summed E-state index contributed by atoms with van der Waals surface area (Å²) in [6.45, 7) is 2.31. The van der Waals surface area contributed by atoms with Crippen LogP contribution in [-0.2, 0) is 6.54 Å². The highest BCUT2D eigenvalue weighted by Crippen LogP contribution is 2.23. The minimum atomic E-state index is -0.310. The molecule has 2 N–H and O–H groups in total. The minimum Gasteiger partial charge on any atom is -0.439 e. The molecule has 0 radical (unpaired) electrons. The van der Waals surface area contributed by atoms with E-state index in [1.165, 1.54) is 11.3 Å². The third kappa shape index (κ3) is 5.27. The van der Waals surface area contributed by atoms with Crippen molar-refractivity contribution in [2.24, 2.45) is 0 Å². The van der Waals surface area contributed by atoms with Crippen molar-refractivity contribution >= 4 is 39.0 Å². The van der Waals surface area contributed by atoms with E-state index in [2.05, 4.69) is 36.5 Å². The van der Waals surface area contributed by atoms with Crippen LogP contribution in [-0.4, -0.2) is 16.0 Å². The minimum absolute atomic E-state index is 0.310. The van der Waals surface area contributed by atoms with E-state index in [-0.39, 0.29) is 6.03 Å². The van der Waals surface area contributed by atoms with Crippen LogP contribution in [0.15, 0.2) is 52.4 Å². The van der Waals surface area contributed by atoms with Crippen LogP contribution in [0.3, 0.4) is 0 Å². The number of hydrogen-bond acceptors (Lipinski definition) is 5. The largest absolute Gasteiger partial charge is 0.439 e. The van der Waals surface area contributed by atoms with Gasteiger partial charge < -0.3 is 15.4 Å². The summed E-state index contributed by atoms with van der Waals surface area (Å²) < 4.78 is 6.58. The summed E-state index contributed by atoms with van der Waals surface area (Å²) in [5.41, 5.74) is 1.53. The molecule has 1 aromatic carbocycles. The van der Waals surface area contributed by atoms with Crippen LogP contribution in [0.4, 0.5) is 10.5 Å². The third-order valence-electron chi connectivity index (χ3n) is 3.08. The lowest BCUT2D eigenvalue weighted by Gasteiger charge is -2.08. The summed E-state index contributed by atoms with van der Waals surface area (Å²) in [5, 5.41) is 8.29. The van der Waals surface area contributed by atoms with E-state index in [0.717, 1.165) is 15.2 Å². The molecule has 0 spiro atoms. The first-order chi connectivity index (χ1) is 12.1. The zero-order valence-electron chi connectivity index (χ0n) is 13.3. The molecule has 3 aromatic rings. The molecule has 0 saturated heterocycles. The van der Waals surface area contributed by atoms with Crippen molar-refractivity contribution in [3.8, 4) is 11.6 Å². The Balaban J connectivity index is 1.52. The Bertz CT molecular complexity index is 867. The number of nitrogens with one attached hydrogen (secondary N) is 2. The molecule has 6 nitrogen and oxygen atoms in total. The molecule has 0 saturated carbocycles. The topological polar surface area (TPSA) is 76.1 Å². The van der Waals surface area contributed by atoms with Crippen molar-refractivity contribution in [3.05, 3.63) is 63.1 Å². The quantitative estimate of drug-likeness (QED) is 0.628. The number of amides is 2. The summed E-state index contributed by atoms with van der Waals surface area (Å²) in [6.07, 6.45) is 1.54. The Hall–Kier alpha value is -2.45. The number of halogens is 1. The molecular weight excluding hydrogens is 404 g/mol. The zero-order valence-corrected chi connectivity index (χ0v) is 15.7. The van der Waals surface area contributed by atoms with Gasteiger partial charge in [0.2, 0.25) is 5.88 Å². The van der Waals surface area contributed by atoms with Gasteiger partial charge in [0.25, 0.3) is 0 Å². The molecule has 0 bridgehead atoms. The monoisotopic (exact) mass is 418 g/mol. The van der Waals surface area contributed by atoms with Gasteiger partial charge in [-0.3, -0.25) is 0 Å². The fraction of sp³-hybridized carbons (Fsp3) is 0.118. The molecular formula is C17H15BrN4O2S. The Kier molecular flexibility index (Phi) is 5.62. The second kappa shape index (κ2) is 8.09. The molecule has 3 rings (SSSR count). The standard InChI is InChI=1S/C17H15BrN4O2S/c1-11-10-25-16(21-11)9-20-17(23)22-13-5-6-15(19-8-13)24-14-4-2-3-12(18)7-14/h2-8,10H,9H2,1H3,(H2,20,22,23). The second-order valence-electron chi connectivity index (χ2n) is 5.13. The zero-order chi connectivity index (χ0) is 17.6. The van der Waals surface area contributed by atoms with Crippen molar-refractivity contribution in [1.82, 2.24) is 15.3 Å². The number of aryl methyl sites for hydroxylation is 1. The van der Waals surface area contributed by atoms with Crippen molar-refractivity contribution in [2.45, 2.75) is 13.5 Å². The van der Waals surface area contributed by atoms with E-state index in [9.17, 15) is 4.79 Å². The number of anilines is 1. The van der Waals surface area contributed by atoms with Gasteiger partial charge in [0.15, 0.2) is 0 Å². The Morgan fingerprint density at radius 2 is 2.20 bits per heavy atom. The first-order valence-electron chi connectivity index (χ1n) is 7.44. The highest BCUT2D eigenvalue weighted by molar-refractivity contribution is 9.10. The van der Waals surface area contributed by atoms with Crippen molar-refractivity contribution in [3.63, 3.8) is 0 Å². The lowest BCUT2D eigenvalue weighted by Crippen LogP contribution is -2.28. The average Bonchev–Trinajstić information content (AvgIpc) is 3.00. The number of pyridine rings is 1. The smallest absolute Gasteiger partial charge is 0.319 e. The number of carbonyl (C=O) groups is 1. The summed E-state index contributed by atoms with van der Waals surface area (Å²) >= 11 is 4.90. The number of aromatic nitrogens is 2. The molecule has 8 heteroatoms. The number of thiazole rings is 1. The van der Waals surface area contributed by atoms with Gasteiger partial charge >= 0.3 is 6.03 Å². The number of carbonyl (C=O) groups excluding carboxylic acids is 1. The molecule has 2 heterocycles. The van der Waals surface area contributed by atoms with E-state index < -0.39 is 0 Å². The van der Waals surface area contributed by atoms with Gasteiger partial charge in [0.05, 0.1) is 18.4 Å². The first kappa shape index (κ1) is 17.4. The van der Waals surface area contributed by atoms with E-state index in [1.54, 1.807) is 18.3 Å². The fourth-order valence-corrected chi connectivity index (χ4v) is 3.07. The van der Waals surface area contributed by atoms with Crippen LogP contribution < -0.4 is 15.4 Å². The van der Waals surface area contributed by atoms with Crippen molar-refractivity contribution < 1.29 is 9.53 Å². The summed E-state index contributed by atoms with van der Waals surface area (Å²) in [5.74, 6) is 1.13. The SMILES string of the molecule is Cc1csc(CNC(=O)Nc2ccc(Oc3cccc(Br)c3)nc2)n1. The van der Waals surface area contributed by atoms with Gasteiger partial charge in [-0.25, -0.2) is 14.8 Å². The molecule has 0 aliphatic carbocycles. The molecule has 0 unspecified atom stereocenters. The van der Waals surface area contributed by atoms with Crippen molar-refractivity contribution in [2.75, 3.05) is 5.32 Å². The molecule has 0 atom stereocenters. The van der Waals surface area contributed by atoms with Gasteiger partial charge in [-0.1, -0.05) is 22.0 Å². The maximum Gasteiger partial charge on any atom is 0.319 e. The van der Waals surface area contributed by atoms with E-state index in [0.29, 0.717) is 23.9 Å². The van der Waals surface area contributed by atoms with Gasteiger partial charge in [0, 0.05) is 21.6 Å². The highest BCUT2D eigenvalue weighted by atomic mass is 79.9. The normalized spacial score (nSPS) is 10.3. The Morgan fingerprint density at radius 3 is 2.88 bits per heavy atom. The molecule has 2 aromatic heterocycles. The van der Waals surface area contributed by atoms with Crippen LogP contribution in [0.2, 0.25) is 0 Å². The van der Waals surface area contributed by atoms with E-state index in [1.807, 2.05) is 36.6 Å². The van der Waals surface area contributed by atoms with Crippen LogP contribution in [0.1, 0.15) is 10.7 Å². The molecule has 2 amide bonds. The predicted molar refractivity (Wildman–Crippen MR) is 101 cm³/mol. The average molecular weight is 419 g/mol. The number of urea groups is 1. The molecule has 0 aliphatic heterocycles. The lowest BCUT2D eigenvalue weighted by molar-refractivity contribution is 0.251. The molecule has 25 heavy (non-hydrogen) atoms. The summed E-state index contributed by atoms with van der Waals surface area (Å²) in [4.78, 5) is 20.4. The van der Waals surface area contributed by atoms with E-state index in [4.69, 9.17) is 4.74 Å². The Morgan fingerprint density at radius 1 is 1.32 bits per heavy atom. The van der Waals surface area contributed by atoms with Crippen LogP contribution in [0.25, 0.3) is 0 Å². The van der Waals surface area contributed by atoms with Gasteiger partial charge in [-0.2, -0.15) is 0 Å². The molecule has 0 fully saturated rings. The molecule has 128 valence electrons. The summed E-state index contributed by atoms with van der Waals surface area (Å²) in [6, 6.07) is 10.6. The molecule has 0 aliphatic rings. The van der Waals surface area contributed by atoms with Crippen molar-refractivity contribution in [1.29, 1.82) is 0 Å². The van der Waals surface area contributed by atoms with Gasteiger partial charge in [0.1, 0.15) is 10.8 Å². The number of rotatable bonds is 5. The summed E-state index contributed by atoms with van der Waals surface area (Å²) in [7, 11) is 0.